The van der Waals surface area contributed by atoms with Crippen LogP contribution in [-0.2, 0) is 28.7 Å². The van der Waals surface area contributed by atoms with Gasteiger partial charge in [0.2, 0.25) is 0 Å². The number of ether oxygens (including phenoxy) is 2. The molecule has 3 heterocycles. The Morgan fingerprint density at radius 3 is 2.30 bits per heavy atom. The summed E-state index contributed by atoms with van der Waals surface area (Å²) in [5, 5.41) is 9.20. The Bertz CT molecular complexity index is 1050. The zero-order valence-corrected chi connectivity index (χ0v) is 16.2. The molecule has 9 heteroatoms. The first-order chi connectivity index (χ1) is 14.4. The van der Waals surface area contributed by atoms with Crippen LogP contribution in [0.25, 0.3) is 6.08 Å². The number of benzene rings is 1. The maximum Gasteiger partial charge on any atom is 0.325 e. The molecule has 152 valence electrons. The Morgan fingerprint density at radius 1 is 1.10 bits per heavy atom. The molecule has 0 radical (unpaired) electrons. The van der Waals surface area contributed by atoms with Crippen molar-refractivity contribution in [2.24, 2.45) is 5.41 Å². The molecule has 30 heavy (non-hydrogen) atoms. The Balaban J connectivity index is 1.93. The third kappa shape index (κ3) is 2.47. The van der Waals surface area contributed by atoms with Gasteiger partial charge in [-0.1, -0.05) is 6.07 Å². The van der Waals surface area contributed by atoms with Crippen LogP contribution in [-0.4, -0.2) is 53.9 Å². The van der Waals surface area contributed by atoms with Crippen LogP contribution in [0, 0.1) is 16.7 Å². The minimum Gasteiger partial charge on any atom is -0.468 e. The summed E-state index contributed by atoms with van der Waals surface area (Å²) in [7, 11) is 2.33. The predicted molar refractivity (Wildman–Crippen MR) is 101 cm³/mol. The number of carbonyl (C=O) groups excluding carboxylic acids is 4. The van der Waals surface area contributed by atoms with Crippen LogP contribution in [0.1, 0.15) is 29.2 Å². The SMILES string of the molecule is COC(=O)C1(C(=O)OC)C[C@@H](N2C(=O)C=CC2=O)N2C=Cc3cc(C#N)ccc3[C@@H]21. The summed E-state index contributed by atoms with van der Waals surface area (Å²) >= 11 is 0. The Morgan fingerprint density at radius 2 is 1.73 bits per heavy atom. The highest BCUT2D eigenvalue weighted by Crippen LogP contribution is 2.55. The fourth-order valence-electron chi connectivity index (χ4n) is 4.51. The summed E-state index contributed by atoms with van der Waals surface area (Å²) in [5.74, 6) is -2.73. The van der Waals surface area contributed by atoms with E-state index in [0.29, 0.717) is 16.7 Å². The van der Waals surface area contributed by atoms with Crippen molar-refractivity contribution in [3.05, 3.63) is 53.2 Å². The highest BCUT2D eigenvalue weighted by molar-refractivity contribution is 6.13. The van der Waals surface area contributed by atoms with Crippen LogP contribution < -0.4 is 0 Å². The van der Waals surface area contributed by atoms with Crippen molar-refractivity contribution in [2.75, 3.05) is 14.2 Å². The molecule has 0 saturated carbocycles. The number of fused-ring (bicyclic) bond motifs is 3. The Kier molecular flexibility index (Phi) is 4.42. The normalized spacial score (nSPS) is 23.1. The van der Waals surface area contributed by atoms with Gasteiger partial charge >= 0.3 is 11.9 Å². The average molecular weight is 407 g/mol. The molecule has 1 saturated heterocycles. The third-order valence-corrected chi connectivity index (χ3v) is 5.79. The molecule has 0 unspecified atom stereocenters. The van der Waals surface area contributed by atoms with Crippen LogP contribution >= 0.6 is 0 Å². The molecule has 0 aromatic heterocycles. The van der Waals surface area contributed by atoms with Gasteiger partial charge in [-0.3, -0.25) is 24.1 Å². The topological polar surface area (TPSA) is 117 Å². The Hall–Kier alpha value is -3.93. The lowest BCUT2D eigenvalue weighted by atomic mass is 9.74. The monoisotopic (exact) mass is 407 g/mol. The van der Waals surface area contributed by atoms with Gasteiger partial charge in [0.25, 0.3) is 11.8 Å². The van der Waals surface area contributed by atoms with Gasteiger partial charge in [-0.25, -0.2) is 0 Å². The first-order valence-corrected chi connectivity index (χ1v) is 9.10. The van der Waals surface area contributed by atoms with Gasteiger partial charge in [-0.05, 0) is 29.3 Å². The third-order valence-electron chi connectivity index (χ3n) is 5.79. The second-order valence-corrected chi connectivity index (χ2v) is 7.14. The number of amides is 2. The number of methoxy groups -OCH3 is 2. The van der Waals surface area contributed by atoms with Gasteiger partial charge in [-0.2, -0.15) is 5.26 Å². The van der Waals surface area contributed by atoms with E-state index < -0.39 is 41.4 Å². The summed E-state index contributed by atoms with van der Waals surface area (Å²) in [6.07, 6.45) is 4.53. The van der Waals surface area contributed by atoms with Crippen molar-refractivity contribution < 1.29 is 28.7 Å². The molecule has 9 nitrogen and oxygen atoms in total. The van der Waals surface area contributed by atoms with E-state index in [2.05, 4.69) is 6.07 Å². The Labute approximate surface area is 171 Å². The summed E-state index contributed by atoms with van der Waals surface area (Å²) < 4.78 is 9.97. The molecule has 1 fully saturated rings. The van der Waals surface area contributed by atoms with Gasteiger partial charge in [0.05, 0.1) is 31.9 Å². The number of hydrogen-bond acceptors (Lipinski definition) is 8. The molecule has 3 aliphatic heterocycles. The number of nitriles is 1. The molecule has 0 spiro atoms. The van der Waals surface area contributed by atoms with E-state index in [1.165, 1.54) is 0 Å². The zero-order chi connectivity index (χ0) is 21.6. The second-order valence-electron chi connectivity index (χ2n) is 7.14. The van der Waals surface area contributed by atoms with Crippen molar-refractivity contribution in [3.63, 3.8) is 0 Å². The maximum atomic E-state index is 13.0. The van der Waals surface area contributed by atoms with E-state index in [4.69, 9.17) is 9.47 Å². The predicted octanol–water partition coefficient (Wildman–Crippen LogP) is 0.873. The highest BCUT2D eigenvalue weighted by Gasteiger charge is 2.66. The molecule has 4 rings (SSSR count). The molecule has 1 aromatic carbocycles. The molecule has 3 aliphatic rings. The molecule has 0 aliphatic carbocycles. The maximum absolute atomic E-state index is 13.0. The fourth-order valence-corrected chi connectivity index (χ4v) is 4.51. The van der Waals surface area contributed by atoms with Crippen LogP contribution in [0.5, 0.6) is 0 Å². The summed E-state index contributed by atoms with van der Waals surface area (Å²) in [6.45, 7) is 0. The van der Waals surface area contributed by atoms with Crippen molar-refractivity contribution in [1.29, 1.82) is 5.26 Å². The van der Waals surface area contributed by atoms with E-state index in [1.807, 2.05) is 0 Å². The molecule has 1 aromatic rings. The number of rotatable bonds is 3. The smallest absolute Gasteiger partial charge is 0.325 e. The highest BCUT2D eigenvalue weighted by atomic mass is 16.5. The summed E-state index contributed by atoms with van der Waals surface area (Å²) in [5.41, 5.74) is -0.172. The van der Waals surface area contributed by atoms with E-state index in [-0.39, 0.29) is 6.42 Å². The van der Waals surface area contributed by atoms with Gasteiger partial charge in [0, 0.05) is 24.8 Å². The van der Waals surface area contributed by atoms with Crippen molar-refractivity contribution in [2.45, 2.75) is 18.6 Å². The van der Waals surface area contributed by atoms with Gasteiger partial charge in [-0.15, -0.1) is 0 Å². The number of esters is 2. The zero-order valence-electron chi connectivity index (χ0n) is 16.2. The molecular formula is C21H17N3O6. The molecule has 2 amide bonds. The van der Waals surface area contributed by atoms with Crippen LogP contribution in [0.15, 0.2) is 36.6 Å². The lowest BCUT2D eigenvalue weighted by Gasteiger charge is -2.38. The number of nitrogens with zero attached hydrogens (tertiary/aromatic N) is 3. The fraction of sp³-hybridized carbons (Fsp3) is 0.286. The number of imide groups is 1. The van der Waals surface area contributed by atoms with Crippen molar-refractivity contribution in [1.82, 2.24) is 9.80 Å². The minimum absolute atomic E-state index is 0.194. The lowest BCUT2D eigenvalue weighted by molar-refractivity contribution is -0.171. The standard InChI is InChI=1S/C21H17N3O6/c1-29-19(27)21(20(28)30-2)10-15(24-16(25)5-6-17(24)26)23-8-7-13-9-12(11-22)3-4-14(13)18(21)23/h3-9,15,18H,10H2,1-2H3/t15-,18-/m1/s1. The molecule has 0 N–H and O–H groups in total. The quantitative estimate of drug-likeness (QED) is 0.412. The van der Waals surface area contributed by atoms with Crippen LogP contribution in [0.2, 0.25) is 0 Å². The van der Waals surface area contributed by atoms with E-state index >= 15 is 0 Å². The lowest BCUT2D eigenvalue weighted by Crippen LogP contribution is -2.47. The summed E-state index contributed by atoms with van der Waals surface area (Å²) in [4.78, 5) is 53.4. The van der Waals surface area contributed by atoms with E-state index in [9.17, 15) is 24.4 Å². The van der Waals surface area contributed by atoms with Crippen LogP contribution in [0.4, 0.5) is 0 Å². The van der Waals surface area contributed by atoms with E-state index in [0.717, 1.165) is 31.3 Å². The second kappa shape index (κ2) is 6.84. The van der Waals surface area contributed by atoms with Gasteiger partial charge < -0.3 is 14.4 Å². The van der Waals surface area contributed by atoms with Crippen molar-refractivity contribution >= 4 is 29.8 Å². The summed E-state index contributed by atoms with van der Waals surface area (Å²) in [6, 6.07) is 6.04. The molecule has 2 atom stereocenters. The van der Waals surface area contributed by atoms with E-state index in [1.54, 1.807) is 35.4 Å². The molecule has 0 bridgehead atoms. The minimum atomic E-state index is -1.81. The van der Waals surface area contributed by atoms with Crippen LogP contribution in [0.3, 0.4) is 0 Å². The first kappa shape index (κ1) is 19.4. The van der Waals surface area contributed by atoms with Gasteiger partial charge in [0.1, 0.15) is 6.17 Å². The largest absolute Gasteiger partial charge is 0.468 e. The van der Waals surface area contributed by atoms with Crippen molar-refractivity contribution in [3.8, 4) is 6.07 Å². The number of carbonyl (C=O) groups is 4. The molecular weight excluding hydrogens is 390 g/mol. The van der Waals surface area contributed by atoms with Gasteiger partial charge in [0.15, 0.2) is 5.41 Å². The average Bonchev–Trinajstić information content (AvgIpc) is 3.29. The number of hydrogen-bond donors (Lipinski definition) is 0. The first-order valence-electron chi connectivity index (χ1n) is 9.10.